The van der Waals surface area contributed by atoms with Gasteiger partial charge in [-0.1, -0.05) is 0 Å². The van der Waals surface area contributed by atoms with E-state index in [4.69, 9.17) is 15.2 Å². The summed E-state index contributed by atoms with van der Waals surface area (Å²) in [4.78, 5) is 11.5. The number of hydrogen-bond donors (Lipinski definition) is 3. The maximum Gasteiger partial charge on any atom is 0.239 e. The van der Waals surface area contributed by atoms with Crippen LogP contribution in [0.25, 0.3) is 0 Å². The van der Waals surface area contributed by atoms with Crippen molar-refractivity contribution in [1.82, 2.24) is 5.32 Å². The fraction of sp³-hybridized carbons (Fsp3) is 0.900. The summed E-state index contributed by atoms with van der Waals surface area (Å²) in [5.41, 5.74) is 4.56. The van der Waals surface area contributed by atoms with E-state index in [0.29, 0.717) is 13.0 Å². The summed E-state index contributed by atoms with van der Waals surface area (Å²) in [5.74, 6) is -0.325. The van der Waals surface area contributed by atoms with E-state index in [2.05, 4.69) is 5.32 Å². The molecule has 0 aromatic rings. The van der Waals surface area contributed by atoms with Gasteiger partial charge >= 0.3 is 0 Å². The summed E-state index contributed by atoms with van der Waals surface area (Å²) >= 11 is 0. The standard InChI is InChI=1S/C10H20N2O4/c1-7-10(14,3-4-16-7)6-12-9(13)8(11)5-15-2/h7-8,14H,3-6,11H2,1-2H3,(H,12,13). The molecule has 3 unspecified atom stereocenters. The Balaban J connectivity index is 2.36. The van der Waals surface area contributed by atoms with Gasteiger partial charge in [-0.05, 0) is 6.92 Å². The number of amides is 1. The number of carbonyl (C=O) groups excluding carboxylic acids is 1. The fourth-order valence-corrected chi connectivity index (χ4v) is 1.63. The zero-order valence-corrected chi connectivity index (χ0v) is 9.73. The van der Waals surface area contributed by atoms with Crippen LogP contribution in [0, 0.1) is 0 Å². The van der Waals surface area contributed by atoms with E-state index in [-0.39, 0.29) is 25.2 Å². The first kappa shape index (κ1) is 13.4. The van der Waals surface area contributed by atoms with Crippen molar-refractivity contribution in [1.29, 1.82) is 0 Å². The molecule has 0 spiro atoms. The second-order valence-corrected chi connectivity index (χ2v) is 4.15. The molecular formula is C10H20N2O4. The van der Waals surface area contributed by atoms with Gasteiger partial charge in [0.2, 0.25) is 5.91 Å². The predicted molar refractivity (Wildman–Crippen MR) is 57.8 cm³/mol. The van der Waals surface area contributed by atoms with Crippen molar-refractivity contribution in [2.24, 2.45) is 5.73 Å². The molecule has 1 aliphatic rings. The second kappa shape index (κ2) is 5.58. The third kappa shape index (κ3) is 3.15. The molecule has 4 N–H and O–H groups in total. The molecule has 0 aromatic carbocycles. The normalized spacial score (nSPS) is 31.4. The van der Waals surface area contributed by atoms with Gasteiger partial charge in [-0.3, -0.25) is 4.79 Å². The third-order valence-corrected chi connectivity index (χ3v) is 2.91. The second-order valence-electron chi connectivity index (χ2n) is 4.15. The van der Waals surface area contributed by atoms with Crippen molar-refractivity contribution in [2.45, 2.75) is 31.1 Å². The number of carbonyl (C=O) groups is 1. The molecule has 1 heterocycles. The molecule has 1 aliphatic heterocycles. The molecule has 0 radical (unpaired) electrons. The van der Waals surface area contributed by atoms with Crippen molar-refractivity contribution in [2.75, 3.05) is 26.9 Å². The molecule has 0 saturated carbocycles. The summed E-state index contributed by atoms with van der Waals surface area (Å²) in [6.07, 6.45) is 0.250. The maximum atomic E-state index is 11.5. The Morgan fingerprint density at radius 1 is 1.81 bits per heavy atom. The van der Waals surface area contributed by atoms with Gasteiger partial charge in [0.1, 0.15) is 11.6 Å². The maximum absolute atomic E-state index is 11.5. The van der Waals surface area contributed by atoms with Crippen molar-refractivity contribution < 1.29 is 19.4 Å². The molecule has 1 rings (SSSR count). The quantitative estimate of drug-likeness (QED) is 0.543. The van der Waals surface area contributed by atoms with E-state index < -0.39 is 11.6 Å². The molecule has 1 saturated heterocycles. The van der Waals surface area contributed by atoms with Gasteiger partial charge in [0.25, 0.3) is 0 Å². The van der Waals surface area contributed by atoms with Gasteiger partial charge in [-0.2, -0.15) is 0 Å². The Morgan fingerprint density at radius 2 is 2.50 bits per heavy atom. The molecule has 3 atom stereocenters. The van der Waals surface area contributed by atoms with Crippen LogP contribution in [0.15, 0.2) is 0 Å². The van der Waals surface area contributed by atoms with Crippen LogP contribution in [-0.4, -0.2) is 55.6 Å². The lowest BCUT2D eigenvalue weighted by Gasteiger charge is -2.26. The van der Waals surface area contributed by atoms with Crippen molar-refractivity contribution in [3.8, 4) is 0 Å². The van der Waals surface area contributed by atoms with Crippen LogP contribution in [0.1, 0.15) is 13.3 Å². The predicted octanol–water partition coefficient (Wildman–Crippen LogP) is -1.38. The molecule has 1 fully saturated rings. The van der Waals surface area contributed by atoms with Crippen molar-refractivity contribution in [3.63, 3.8) is 0 Å². The highest BCUT2D eigenvalue weighted by Crippen LogP contribution is 2.24. The molecule has 0 aromatic heterocycles. The van der Waals surface area contributed by atoms with Gasteiger partial charge in [0.05, 0.1) is 12.7 Å². The zero-order valence-electron chi connectivity index (χ0n) is 9.73. The number of nitrogens with one attached hydrogen (secondary N) is 1. The van der Waals surface area contributed by atoms with Crippen LogP contribution in [0.5, 0.6) is 0 Å². The Labute approximate surface area is 95.1 Å². The molecule has 6 nitrogen and oxygen atoms in total. The minimum absolute atomic E-state index is 0.157. The Morgan fingerprint density at radius 3 is 3.00 bits per heavy atom. The van der Waals surface area contributed by atoms with Crippen LogP contribution >= 0.6 is 0 Å². The Kier molecular flexibility index (Phi) is 4.67. The topological polar surface area (TPSA) is 93.8 Å². The lowest BCUT2D eigenvalue weighted by Crippen LogP contribution is -2.52. The molecule has 0 bridgehead atoms. The first-order valence-electron chi connectivity index (χ1n) is 5.36. The summed E-state index contributed by atoms with van der Waals surface area (Å²) in [5, 5.41) is 12.7. The van der Waals surface area contributed by atoms with Crippen molar-refractivity contribution >= 4 is 5.91 Å². The minimum atomic E-state index is -0.984. The highest BCUT2D eigenvalue weighted by Gasteiger charge is 2.39. The van der Waals surface area contributed by atoms with Gasteiger partial charge < -0.3 is 25.6 Å². The first-order chi connectivity index (χ1) is 7.49. The molecule has 1 amide bonds. The summed E-state index contributed by atoms with van der Waals surface area (Å²) < 4.78 is 10.0. The largest absolute Gasteiger partial charge is 0.385 e. The lowest BCUT2D eigenvalue weighted by molar-refractivity contribution is -0.125. The SMILES string of the molecule is COCC(N)C(=O)NCC1(O)CCOC1C. The van der Waals surface area contributed by atoms with Gasteiger partial charge in [-0.25, -0.2) is 0 Å². The van der Waals surface area contributed by atoms with E-state index >= 15 is 0 Å². The third-order valence-electron chi connectivity index (χ3n) is 2.91. The van der Waals surface area contributed by atoms with Gasteiger partial charge in [0.15, 0.2) is 0 Å². The molecule has 94 valence electrons. The molecule has 6 heteroatoms. The van der Waals surface area contributed by atoms with Crippen LogP contribution < -0.4 is 11.1 Å². The van der Waals surface area contributed by atoms with E-state index in [1.165, 1.54) is 7.11 Å². The lowest BCUT2D eigenvalue weighted by atomic mass is 9.96. The van der Waals surface area contributed by atoms with Crippen LogP contribution in [0.3, 0.4) is 0 Å². The number of hydrogen-bond acceptors (Lipinski definition) is 5. The smallest absolute Gasteiger partial charge is 0.239 e. The minimum Gasteiger partial charge on any atom is -0.385 e. The van der Waals surface area contributed by atoms with E-state index in [1.54, 1.807) is 6.92 Å². The molecule has 16 heavy (non-hydrogen) atoms. The van der Waals surface area contributed by atoms with Crippen LogP contribution in [0.4, 0.5) is 0 Å². The highest BCUT2D eigenvalue weighted by molar-refractivity contribution is 5.81. The number of ether oxygens (including phenoxy) is 2. The van der Waals surface area contributed by atoms with E-state index in [0.717, 1.165) is 0 Å². The zero-order chi connectivity index (χ0) is 12.2. The van der Waals surface area contributed by atoms with Gasteiger partial charge in [0, 0.05) is 26.7 Å². The number of nitrogens with two attached hydrogens (primary N) is 1. The van der Waals surface area contributed by atoms with Crippen molar-refractivity contribution in [3.05, 3.63) is 0 Å². The highest BCUT2D eigenvalue weighted by atomic mass is 16.5. The first-order valence-corrected chi connectivity index (χ1v) is 5.36. The van der Waals surface area contributed by atoms with Crippen LogP contribution in [0.2, 0.25) is 0 Å². The number of aliphatic hydroxyl groups is 1. The van der Waals surface area contributed by atoms with E-state index in [9.17, 15) is 9.90 Å². The van der Waals surface area contributed by atoms with Gasteiger partial charge in [-0.15, -0.1) is 0 Å². The number of rotatable bonds is 5. The summed E-state index contributed by atoms with van der Waals surface area (Å²) in [6, 6.07) is -0.703. The molecular weight excluding hydrogens is 212 g/mol. The summed E-state index contributed by atoms with van der Waals surface area (Å²) in [7, 11) is 1.48. The molecule has 0 aliphatic carbocycles. The Hall–Kier alpha value is -0.690. The number of methoxy groups -OCH3 is 1. The average Bonchev–Trinajstić information content (AvgIpc) is 2.57. The average molecular weight is 232 g/mol. The van der Waals surface area contributed by atoms with E-state index in [1.807, 2.05) is 0 Å². The summed E-state index contributed by atoms with van der Waals surface area (Å²) in [6.45, 7) is 2.62. The fourth-order valence-electron chi connectivity index (χ4n) is 1.63. The van der Waals surface area contributed by atoms with Crippen LogP contribution in [-0.2, 0) is 14.3 Å². The monoisotopic (exact) mass is 232 g/mol. The Bertz CT molecular complexity index is 249.